The molecule has 1 aliphatic rings. The number of carbonyl (C=O) groups is 1. The van der Waals surface area contributed by atoms with Crippen LogP contribution in [0.2, 0.25) is 0 Å². The molecule has 1 amide bonds. The van der Waals surface area contributed by atoms with E-state index in [4.69, 9.17) is 10.5 Å². The number of nitrogens with one attached hydrogen (secondary N) is 1. The van der Waals surface area contributed by atoms with Crippen LogP contribution >= 0.6 is 11.3 Å². The zero-order valence-corrected chi connectivity index (χ0v) is 12.3. The van der Waals surface area contributed by atoms with E-state index in [0.29, 0.717) is 10.6 Å². The number of morpholine rings is 1. The summed E-state index contributed by atoms with van der Waals surface area (Å²) in [4.78, 5) is 16.0. The van der Waals surface area contributed by atoms with Crippen molar-refractivity contribution in [1.29, 1.82) is 0 Å². The number of anilines is 1. The number of ether oxygens (including phenoxy) is 1. The van der Waals surface area contributed by atoms with Crippen LogP contribution in [0.15, 0.2) is 6.07 Å². The molecular formula is C13H21N3O2S. The average molecular weight is 283 g/mol. The number of nitrogen functional groups attached to an aromatic ring is 1. The van der Waals surface area contributed by atoms with Gasteiger partial charge >= 0.3 is 0 Å². The third-order valence-corrected chi connectivity index (χ3v) is 4.26. The van der Waals surface area contributed by atoms with Crippen molar-refractivity contribution in [3.8, 4) is 0 Å². The minimum absolute atomic E-state index is 0.0365. The Bertz CT molecular complexity index is 422. The van der Waals surface area contributed by atoms with Crippen LogP contribution in [0.5, 0.6) is 0 Å². The van der Waals surface area contributed by atoms with Crippen LogP contribution in [0.25, 0.3) is 0 Å². The number of thiophene rings is 1. The molecule has 0 aliphatic carbocycles. The summed E-state index contributed by atoms with van der Waals surface area (Å²) < 4.78 is 5.31. The van der Waals surface area contributed by atoms with E-state index in [1.807, 2.05) is 13.8 Å². The maximum absolute atomic E-state index is 12.1. The quantitative estimate of drug-likeness (QED) is 0.868. The minimum atomic E-state index is -0.0365. The fourth-order valence-electron chi connectivity index (χ4n) is 2.12. The molecule has 0 bridgehead atoms. The number of aryl methyl sites for hydroxylation is 1. The van der Waals surface area contributed by atoms with Gasteiger partial charge in [0, 0.05) is 36.2 Å². The van der Waals surface area contributed by atoms with E-state index in [9.17, 15) is 4.79 Å². The second kappa shape index (κ2) is 6.36. The Morgan fingerprint density at radius 3 is 2.84 bits per heavy atom. The summed E-state index contributed by atoms with van der Waals surface area (Å²) in [6, 6.07) is 1.87. The first-order valence-electron chi connectivity index (χ1n) is 6.53. The molecule has 6 heteroatoms. The van der Waals surface area contributed by atoms with Crippen molar-refractivity contribution < 1.29 is 9.53 Å². The molecule has 19 heavy (non-hydrogen) atoms. The molecule has 1 atom stereocenters. The Morgan fingerprint density at radius 2 is 2.26 bits per heavy atom. The van der Waals surface area contributed by atoms with Crippen molar-refractivity contribution in [2.24, 2.45) is 0 Å². The highest BCUT2D eigenvalue weighted by molar-refractivity contribution is 7.14. The zero-order valence-electron chi connectivity index (χ0n) is 11.4. The van der Waals surface area contributed by atoms with E-state index in [-0.39, 0.29) is 11.9 Å². The molecule has 1 fully saturated rings. The lowest BCUT2D eigenvalue weighted by Crippen LogP contribution is -2.45. The van der Waals surface area contributed by atoms with Gasteiger partial charge in [0.1, 0.15) is 0 Å². The zero-order chi connectivity index (χ0) is 13.8. The van der Waals surface area contributed by atoms with Gasteiger partial charge in [-0.2, -0.15) is 0 Å². The van der Waals surface area contributed by atoms with Crippen molar-refractivity contribution in [2.75, 3.05) is 38.6 Å². The van der Waals surface area contributed by atoms with Gasteiger partial charge in [-0.25, -0.2) is 0 Å². The first kappa shape index (κ1) is 14.3. The number of nitrogens with two attached hydrogens (primary N) is 1. The monoisotopic (exact) mass is 283 g/mol. The third-order valence-electron chi connectivity index (χ3n) is 3.19. The maximum atomic E-state index is 12.1. The molecule has 1 aliphatic heterocycles. The summed E-state index contributed by atoms with van der Waals surface area (Å²) in [5.74, 6) is -0.0365. The first-order chi connectivity index (χ1) is 9.06. The van der Waals surface area contributed by atoms with Crippen LogP contribution in [-0.4, -0.2) is 49.7 Å². The van der Waals surface area contributed by atoms with Gasteiger partial charge in [0.25, 0.3) is 5.91 Å². The molecule has 0 saturated carbocycles. The fourth-order valence-corrected chi connectivity index (χ4v) is 2.96. The standard InChI is InChI=1S/C13H21N3O2S/c1-9(8-16-3-5-18-6-4-16)15-13(17)12-7-11(14)10(2)19-12/h7,9H,3-6,8,14H2,1-2H3,(H,15,17). The fraction of sp³-hybridized carbons (Fsp3) is 0.615. The number of hydrogen-bond acceptors (Lipinski definition) is 5. The molecule has 0 spiro atoms. The minimum Gasteiger partial charge on any atom is -0.398 e. The number of hydrogen-bond donors (Lipinski definition) is 2. The van der Waals surface area contributed by atoms with Crippen LogP contribution < -0.4 is 11.1 Å². The van der Waals surface area contributed by atoms with E-state index < -0.39 is 0 Å². The normalized spacial score (nSPS) is 18.2. The van der Waals surface area contributed by atoms with Gasteiger partial charge in [0.15, 0.2) is 0 Å². The van der Waals surface area contributed by atoms with Gasteiger partial charge in [0.2, 0.25) is 0 Å². The van der Waals surface area contributed by atoms with Crippen LogP contribution in [0.1, 0.15) is 21.5 Å². The smallest absolute Gasteiger partial charge is 0.261 e. The second-order valence-electron chi connectivity index (χ2n) is 4.91. The summed E-state index contributed by atoms with van der Waals surface area (Å²) in [5, 5.41) is 3.02. The summed E-state index contributed by atoms with van der Waals surface area (Å²) in [6.07, 6.45) is 0. The second-order valence-corrected chi connectivity index (χ2v) is 6.17. The molecule has 1 aromatic heterocycles. The lowest BCUT2D eigenvalue weighted by Gasteiger charge is -2.29. The Labute approximate surface area is 117 Å². The SMILES string of the molecule is Cc1sc(C(=O)NC(C)CN2CCOCC2)cc1N. The van der Waals surface area contributed by atoms with E-state index in [2.05, 4.69) is 10.2 Å². The van der Waals surface area contributed by atoms with Gasteiger partial charge < -0.3 is 15.8 Å². The van der Waals surface area contributed by atoms with E-state index in [1.165, 1.54) is 11.3 Å². The summed E-state index contributed by atoms with van der Waals surface area (Å²) >= 11 is 1.44. The van der Waals surface area contributed by atoms with Crippen LogP contribution in [0.4, 0.5) is 5.69 Å². The average Bonchev–Trinajstić information content (AvgIpc) is 2.71. The Hall–Kier alpha value is -1.11. The number of amides is 1. The number of rotatable bonds is 4. The highest BCUT2D eigenvalue weighted by Crippen LogP contribution is 2.23. The van der Waals surface area contributed by atoms with Crippen LogP contribution in [-0.2, 0) is 4.74 Å². The third kappa shape index (κ3) is 3.92. The molecule has 0 radical (unpaired) electrons. The van der Waals surface area contributed by atoms with Crippen molar-refractivity contribution >= 4 is 22.9 Å². The lowest BCUT2D eigenvalue weighted by molar-refractivity contribution is 0.0342. The van der Waals surface area contributed by atoms with Crippen LogP contribution in [0.3, 0.4) is 0 Å². The molecule has 3 N–H and O–H groups in total. The molecule has 106 valence electrons. The predicted octanol–water partition coefficient (Wildman–Crippen LogP) is 1.09. The molecule has 0 aromatic carbocycles. The van der Waals surface area contributed by atoms with Crippen molar-refractivity contribution in [2.45, 2.75) is 19.9 Å². The van der Waals surface area contributed by atoms with Crippen LogP contribution in [0, 0.1) is 6.92 Å². The van der Waals surface area contributed by atoms with Gasteiger partial charge in [-0.3, -0.25) is 9.69 Å². The van der Waals surface area contributed by atoms with Crippen molar-refractivity contribution in [3.63, 3.8) is 0 Å². The van der Waals surface area contributed by atoms with E-state index in [1.54, 1.807) is 6.07 Å². The Morgan fingerprint density at radius 1 is 1.58 bits per heavy atom. The number of nitrogens with zero attached hydrogens (tertiary/aromatic N) is 1. The van der Waals surface area contributed by atoms with Crippen molar-refractivity contribution in [3.05, 3.63) is 15.8 Å². The topological polar surface area (TPSA) is 67.6 Å². The molecular weight excluding hydrogens is 262 g/mol. The molecule has 2 heterocycles. The Balaban J connectivity index is 1.84. The largest absolute Gasteiger partial charge is 0.398 e. The van der Waals surface area contributed by atoms with E-state index in [0.717, 1.165) is 37.7 Å². The highest BCUT2D eigenvalue weighted by atomic mass is 32.1. The van der Waals surface area contributed by atoms with Gasteiger partial charge in [0.05, 0.1) is 18.1 Å². The lowest BCUT2D eigenvalue weighted by atomic mass is 10.2. The molecule has 1 unspecified atom stereocenters. The summed E-state index contributed by atoms with van der Waals surface area (Å²) in [5.41, 5.74) is 6.46. The summed E-state index contributed by atoms with van der Waals surface area (Å²) in [7, 11) is 0. The summed E-state index contributed by atoms with van der Waals surface area (Å²) in [6.45, 7) is 8.24. The van der Waals surface area contributed by atoms with Gasteiger partial charge in [-0.05, 0) is 19.9 Å². The predicted molar refractivity (Wildman–Crippen MR) is 77.7 cm³/mol. The maximum Gasteiger partial charge on any atom is 0.261 e. The molecule has 1 aromatic rings. The highest BCUT2D eigenvalue weighted by Gasteiger charge is 2.17. The van der Waals surface area contributed by atoms with Gasteiger partial charge in [-0.15, -0.1) is 11.3 Å². The molecule has 5 nitrogen and oxygen atoms in total. The van der Waals surface area contributed by atoms with Gasteiger partial charge in [-0.1, -0.05) is 0 Å². The molecule has 1 saturated heterocycles. The first-order valence-corrected chi connectivity index (χ1v) is 7.35. The Kier molecular flexibility index (Phi) is 4.79. The van der Waals surface area contributed by atoms with Crippen molar-refractivity contribution in [1.82, 2.24) is 10.2 Å². The van der Waals surface area contributed by atoms with E-state index >= 15 is 0 Å². The molecule has 2 rings (SSSR count). The number of carbonyl (C=O) groups excluding carboxylic acids is 1.